The molecule has 2 heterocycles. The molecule has 5 nitrogen and oxygen atoms in total. The number of benzene rings is 1. The van der Waals surface area contributed by atoms with Crippen molar-refractivity contribution in [3.05, 3.63) is 58.2 Å². The third-order valence-corrected chi connectivity index (χ3v) is 3.85. The van der Waals surface area contributed by atoms with Crippen molar-refractivity contribution in [2.45, 2.75) is 6.10 Å². The Labute approximate surface area is 136 Å². The highest BCUT2D eigenvalue weighted by atomic mass is 79.9. The minimum Gasteiger partial charge on any atom is -0.471 e. The van der Waals surface area contributed by atoms with E-state index in [0.29, 0.717) is 30.1 Å². The Morgan fingerprint density at radius 3 is 2.82 bits per heavy atom. The number of nitriles is 1. The second-order valence-electron chi connectivity index (χ2n) is 4.96. The van der Waals surface area contributed by atoms with E-state index in [1.165, 1.54) is 6.20 Å². The van der Waals surface area contributed by atoms with Crippen LogP contribution < -0.4 is 4.74 Å². The zero-order valence-electron chi connectivity index (χ0n) is 11.6. The summed E-state index contributed by atoms with van der Waals surface area (Å²) in [4.78, 5) is 18.0. The molecule has 0 radical (unpaired) electrons. The largest absolute Gasteiger partial charge is 0.471 e. The number of ether oxygens (including phenoxy) is 1. The van der Waals surface area contributed by atoms with Gasteiger partial charge in [0.1, 0.15) is 12.2 Å². The topological polar surface area (TPSA) is 66.2 Å². The van der Waals surface area contributed by atoms with Crippen molar-refractivity contribution in [3.63, 3.8) is 0 Å². The number of hydrogen-bond donors (Lipinski definition) is 0. The average Bonchev–Trinajstić information content (AvgIpc) is 2.50. The molecule has 1 saturated heterocycles. The van der Waals surface area contributed by atoms with Crippen LogP contribution in [0.1, 0.15) is 15.9 Å². The maximum atomic E-state index is 12.3. The average molecular weight is 358 g/mol. The molecule has 0 spiro atoms. The van der Waals surface area contributed by atoms with E-state index in [0.717, 1.165) is 4.47 Å². The van der Waals surface area contributed by atoms with Gasteiger partial charge in [0.25, 0.3) is 5.91 Å². The van der Waals surface area contributed by atoms with Gasteiger partial charge in [-0.15, -0.1) is 0 Å². The summed E-state index contributed by atoms with van der Waals surface area (Å²) in [7, 11) is 0. The lowest BCUT2D eigenvalue weighted by molar-refractivity contribution is 0.0160. The number of amides is 1. The lowest BCUT2D eigenvalue weighted by Crippen LogP contribution is -2.56. The normalized spacial score (nSPS) is 14.1. The van der Waals surface area contributed by atoms with E-state index < -0.39 is 0 Å². The van der Waals surface area contributed by atoms with Gasteiger partial charge >= 0.3 is 0 Å². The number of halogens is 1. The van der Waals surface area contributed by atoms with Crippen LogP contribution in [0.4, 0.5) is 0 Å². The van der Waals surface area contributed by atoms with Crippen LogP contribution in [0.3, 0.4) is 0 Å². The van der Waals surface area contributed by atoms with Crippen molar-refractivity contribution in [3.8, 4) is 11.9 Å². The summed E-state index contributed by atoms with van der Waals surface area (Å²) >= 11 is 3.36. The molecule has 3 rings (SSSR count). The highest BCUT2D eigenvalue weighted by Crippen LogP contribution is 2.20. The Morgan fingerprint density at radius 1 is 1.36 bits per heavy atom. The summed E-state index contributed by atoms with van der Waals surface area (Å²) in [5, 5.41) is 8.71. The van der Waals surface area contributed by atoms with Gasteiger partial charge < -0.3 is 9.64 Å². The first-order valence-electron chi connectivity index (χ1n) is 6.73. The molecule has 0 aliphatic carbocycles. The maximum Gasteiger partial charge on any atom is 0.254 e. The number of hydrogen-bond acceptors (Lipinski definition) is 4. The monoisotopic (exact) mass is 357 g/mol. The predicted octanol–water partition coefficient (Wildman–Crippen LogP) is 2.62. The van der Waals surface area contributed by atoms with E-state index >= 15 is 0 Å². The van der Waals surface area contributed by atoms with Crippen LogP contribution in [0.2, 0.25) is 0 Å². The number of carbonyl (C=O) groups is 1. The van der Waals surface area contributed by atoms with Crippen LogP contribution >= 0.6 is 15.9 Å². The van der Waals surface area contributed by atoms with E-state index in [1.807, 2.05) is 18.2 Å². The number of aromatic nitrogens is 1. The number of nitrogens with zero attached hydrogens (tertiary/aromatic N) is 3. The highest BCUT2D eigenvalue weighted by molar-refractivity contribution is 9.10. The molecule has 1 amide bonds. The Bertz CT molecular complexity index is 734. The molecule has 110 valence electrons. The first-order chi connectivity index (χ1) is 10.7. The van der Waals surface area contributed by atoms with Gasteiger partial charge in [0.2, 0.25) is 5.88 Å². The molecule has 0 bridgehead atoms. The smallest absolute Gasteiger partial charge is 0.254 e. The molecule has 22 heavy (non-hydrogen) atoms. The van der Waals surface area contributed by atoms with Gasteiger partial charge in [-0.05, 0) is 24.3 Å². The lowest BCUT2D eigenvalue weighted by atomic mass is 10.1. The zero-order chi connectivity index (χ0) is 15.5. The Kier molecular flexibility index (Phi) is 4.07. The minimum atomic E-state index is -0.0588. The molecule has 6 heteroatoms. The third-order valence-electron chi connectivity index (χ3n) is 3.36. The second-order valence-corrected chi connectivity index (χ2v) is 5.87. The number of likely N-dealkylation sites (tertiary alicyclic amines) is 1. The summed E-state index contributed by atoms with van der Waals surface area (Å²) in [5.41, 5.74) is 1.15. The fraction of sp³-hybridized carbons (Fsp3) is 0.188. The van der Waals surface area contributed by atoms with E-state index in [2.05, 4.69) is 20.9 Å². The van der Waals surface area contributed by atoms with Crippen LogP contribution in [-0.2, 0) is 0 Å². The van der Waals surface area contributed by atoms with Crippen LogP contribution in [0.5, 0.6) is 5.88 Å². The van der Waals surface area contributed by atoms with Crippen LogP contribution in [0, 0.1) is 11.3 Å². The van der Waals surface area contributed by atoms with Crippen molar-refractivity contribution in [2.24, 2.45) is 0 Å². The van der Waals surface area contributed by atoms with Crippen molar-refractivity contribution in [1.29, 1.82) is 5.26 Å². The van der Waals surface area contributed by atoms with E-state index in [9.17, 15) is 4.79 Å². The first kappa shape index (κ1) is 14.5. The molecule has 1 aromatic heterocycles. The standard InChI is InChI=1S/C16H12BrN3O2/c17-13-3-1-2-12(6-13)16(21)20-9-14(10-20)22-15-5-4-11(7-18)8-19-15/h1-6,8,14H,9-10H2. The maximum absolute atomic E-state index is 12.3. The fourth-order valence-electron chi connectivity index (χ4n) is 2.17. The molecule has 0 N–H and O–H groups in total. The second kappa shape index (κ2) is 6.16. The highest BCUT2D eigenvalue weighted by Gasteiger charge is 2.33. The summed E-state index contributed by atoms with van der Waals surface area (Å²) in [6, 6.07) is 12.7. The Morgan fingerprint density at radius 2 is 2.18 bits per heavy atom. The van der Waals surface area contributed by atoms with E-state index in [4.69, 9.17) is 10.00 Å². The molecule has 1 aromatic carbocycles. The lowest BCUT2D eigenvalue weighted by Gasteiger charge is -2.38. The van der Waals surface area contributed by atoms with Gasteiger partial charge in [-0.3, -0.25) is 4.79 Å². The van der Waals surface area contributed by atoms with Crippen molar-refractivity contribution in [1.82, 2.24) is 9.88 Å². The van der Waals surface area contributed by atoms with Gasteiger partial charge in [-0.1, -0.05) is 22.0 Å². The van der Waals surface area contributed by atoms with Gasteiger partial charge in [-0.2, -0.15) is 5.26 Å². The molecule has 1 aliphatic rings. The van der Waals surface area contributed by atoms with E-state index in [-0.39, 0.29) is 12.0 Å². The molecule has 0 atom stereocenters. The van der Waals surface area contributed by atoms with Crippen LogP contribution in [0.25, 0.3) is 0 Å². The summed E-state index contributed by atoms with van der Waals surface area (Å²) in [6.45, 7) is 1.07. The molecular formula is C16H12BrN3O2. The molecule has 0 unspecified atom stereocenters. The predicted molar refractivity (Wildman–Crippen MR) is 83.4 cm³/mol. The zero-order valence-corrected chi connectivity index (χ0v) is 13.2. The SMILES string of the molecule is N#Cc1ccc(OC2CN(C(=O)c3cccc(Br)c3)C2)nc1. The third kappa shape index (κ3) is 3.10. The fourth-order valence-corrected chi connectivity index (χ4v) is 2.57. The number of pyridine rings is 1. The van der Waals surface area contributed by atoms with Gasteiger partial charge in [-0.25, -0.2) is 4.98 Å². The van der Waals surface area contributed by atoms with E-state index in [1.54, 1.807) is 29.2 Å². The van der Waals surface area contributed by atoms with Crippen LogP contribution in [-0.4, -0.2) is 35.0 Å². The number of carbonyl (C=O) groups excluding carboxylic acids is 1. The molecule has 1 aliphatic heterocycles. The summed E-state index contributed by atoms with van der Waals surface area (Å²) in [5.74, 6) is 0.465. The van der Waals surface area contributed by atoms with Gasteiger partial charge in [0, 0.05) is 22.3 Å². The van der Waals surface area contributed by atoms with Gasteiger partial charge in [0.15, 0.2) is 0 Å². The van der Waals surface area contributed by atoms with Crippen molar-refractivity contribution >= 4 is 21.8 Å². The molecule has 2 aromatic rings. The summed E-state index contributed by atoms with van der Waals surface area (Å²) < 4.78 is 6.55. The van der Waals surface area contributed by atoms with Crippen LogP contribution in [0.15, 0.2) is 47.1 Å². The Balaban J connectivity index is 1.55. The minimum absolute atomic E-state index is 0.00561. The Hall–Kier alpha value is -2.39. The van der Waals surface area contributed by atoms with Crippen molar-refractivity contribution < 1.29 is 9.53 Å². The van der Waals surface area contributed by atoms with Crippen molar-refractivity contribution in [2.75, 3.05) is 13.1 Å². The molecule has 0 saturated carbocycles. The summed E-state index contributed by atoms with van der Waals surface area (Å²) in [6.07, 6.45) is 1.41. The van der Waals surface area contributed by atoms with Gasteiger partial charge in [0.05, 0.1) is 18.7 Å². The number of rotatable bonds is 3. The quantitative estimate of drug-likeness (QED) is 0.846. The molecular weight excluding hydrogens is 346 g/mol. The molecule has 1 fully saturated rings. The first-order valence-corrected chi connectivity index (χ1v) is 7.52.